The van der Waals surface area contributed by atoms with E-state index < -0.39 is 0 Å². The van der Waals surface area contributed by atoms with E-state index in [-0.39, 0.29) is 11.9 Å². The number of hydrogen-bond acceptors (Lipinski definition) is 2. The third-order valence-corrected chi connectivity index (χ3v) is 1.80. The Kier molecular flexibility index (Phi) is 1.38. The lowest BCUT2D eigenvalue weighted by Crippen LogP contribution is -2.15. The maximum Gasteiger partial charge on any atom is 0.222 e. The van der Waals surface area contributed by atoms with E-state index in [0.29, 0.717) is 13.0 Å². The average Bonchev–Trinajstić information content (AvgIpc) is 2.55. The predicted octanol–water partition coefficient (Wildman–Crippen LogP) is -0.256. The molecule has 1 atom stereocenters. The number of carbonyl (C=O) groups excluding carboxylic acids is 1. The molecule has 0 saturated carbocycles. The number of nitrogens with zero attached hydrogens (tertiary/aromatic N) is 2. The van der Waals surface area contributed by atoms with Crippen molar-refractivity contribution < 1.29 is 4.79 Å². The Labute approximate surface area is 64.2 Å². The van der Waals surface area contributed by atoms with Crippen molar-refractivity contribution in [3.63, 3.8) is 0 Å². The first-order chi connectivity index (χ1) is 5.36. The largest absolute Gasteiger partial charge is 0.354 e. The monoisotopic (exact) mass is 150 g/mol. The minimum atomic E-state index is 0.102. The van der Waals surface area contributed by atoms with E-state index in [9.17, 15) is 4.79 Å². The highest BCUT2D eigenvalue weighted by atomic mass is 16.1. The number of nitrogens with one attached hydrogen (secondary N) is 1. The third-order valence-electron chi connectivity index (χ3n) is 1.80. The summed E-state index contributed by atoms with van der Waals surface area (Å²) in [5.74, 6) is 0.102. The number of carbonyl (C=O) groups is 1. The summed E-state index contributed by atoms with van der Waals surface area (Å²) in [6, 6.07) is 3.02. The Balaban J connectivity index is 2.13. The normalized spacial score (nSPS) is 23.6. The average molecular weight is 150 g/mol. The molecular weight excluding hydrogens is 142 g/mol. The first-order valence-corrected chi connectivity index (χ1v) is 3.53. The van der Waals surface area contributed by atoms with Crippen molar-refractivity contribution in [2.75, 3.05) is 6.54 Å². The smallest absolute Gasteiger partial charge is 0.222 e. The van der Waals surface area contributed by atoms with Crippen LogP contribution in [0.25, 0.3) is 0 Å². The molecule has 4 nitrogen and oxygen atoms in total. The van der Waals surface area contributed by atoms with E-state index in [2.05, 4.69) is 16.5 Å². The molecule has 1 aromatic rings. The predicted molar refractivity (Wildman–Crippen MR) is 37.7 cm³/mol. The lowest BCUT2D eigenvalue weighted by atomic mass is 10.3. The zero-order chi connectivity index (χ0) is 7.68. The van der Waals surface area contributed by atoms with E-state index >= 15 is 0 Å². The van der Waals surface area contributed by atoms with Gasteiger partial charge in [0.1, 0.15) is 0 Å². The van der Waals surface area contributed by atoms with Crippen LogP contribution in [0.15, 0.2) is 12.4 Å². The fourth-order valence-corrected chi connectivity index (χ4v) is 1.22. The Bertz CT molecular complexity index is 255. The van der Waals surface area contributed by atoms with Gasteiger partial charge in [-0.1, -0.05) is 0 Å². The van der Waals surface area contributed by atoms with Crippen LogP contribution < -0.4 is 5.32 Å². The topological polar surface area (TPSA) is 46.9 Å². The van der Waals surface area contributed by atoms with Crippen molar-refractivity contribution in [2.24, 2.45) is 0 Å². The molecule has 0 aliphatic carbocycles. The van der Waals surface area contributed by atoms with Crippen LogP contribution in [-0.2, 0) is 4.79 Å². The summed E-state index contributed by atoms with van der Waals surface area (Å²) in [6.45, 7) is 0.689. The second kappa shape index (κ2) is 2.38. The molecular formula is C7H8N3O. The summed E-state index contributed by atoms with van der Waals surface area (Å²) < 4.78 is 1.76. The van der Waals surface area contributed by atoms with Gasteiger partial charge in [-0.25, -0.2) is 0 Å². The van der Waals surface area contributed by atoms with Gasteiger partial charge in [-0.2, -0.15) is 5.10 Å². The fraction of sp³-hybridized carbons (Fsp3) is 0.429. The molecule has 1 fully saturated rings. The van der Waals surface area contributed by atoms with E-state index in [4.69, 9.17) is 0 Å². The Morgan fingerprint density at radius 3 is 3.27 bits per heavy atom. The van der Waals surface area contributed by atoms with Gasteiger partial charge in [0, 0.05) is 18.8 Å². The molecule has 0 bridgehead atoms. The van der Waals surface area contributed by atoms with Gasteiger partial charge in [0.25, 0.3) is 0 Å². The molecule has 1 N–H and O–H groups in total. The minimum Gasteiger partial charge on any atom is -0.354 e. The van der Waals surface area contributed by atoms with Gasteiger partial charge in [-0.05, 0) is 0 Å². The zero-order valence-corrected chi connectivity index (χ0v) is 5.95. The minimum absolute atomic E-state index is 0.102. The maximum atomic E-state index is 10.8. The molecule has 0 spiro atoms. The van der Waals surface area contributed by atoms with Crippen LogP contribution in [0.5, 0.6) is 0 Å². The molecule has 0 aromatic carbocycles. The van der Waals surface area contributed by atoms with Crippen LogP contribution in [0.1, 0.15) is 12.5 Å². The zero-order valence-electron chi connectivity index (χ0n) is 5.95. The van der Waals surface area contributed by atoms with E-state index in [0.717, 1.165) is 0 Å². The number of aromatic nitrogens is 2. The van der Waals surface area contributed by atoms with Crippen molar-refractivity contribution in [3.05, 3.63) is 18.5 Å². The summed E-state index contributed by atoms with van der Waals surface area (Å²) in [5.41, 5.74) is 0. The highest BCUT2D eigenvalue weighted by Gasteiger charge is 2.22. The van der Waals surface area contributed by atoms with Crippen LogP contribution in [0.3, 0.4) is 0 Å². The second-order valence-electron chi connectivity index (χ2n) is 2.58. The standard InChI is InChI=1S/C7H8N3O/c11-7-4-6(5-8-7)10-3-1-2-9-10/h2-3,6H,4-5H2,(H,8,11). The summed E-state index contributed by atoms with van der Waals surface area (Å²) in [5, 5.41) is 6.75. The summed E-state index contributed by atoms with van der Waals surface area (Å²) in [4.78, 5) is 10.8. The highest BCUT2D eigenvalue weighted by molar-refractivity contribution is 5.78. The third kappa shape index (κ3) is 1.11. The van der Waals surface area contributed by atoms with Gasteiger partial charge < -0.3 is 5.32 Å². The summed E-state index contributed by atoms with van der Waals surface area (Å²) >= 11 is 0. The molecule has 1 aliphatic heterocycles. The van der Waals surface area contributed by atoms with Crippen LogP contribution in [0.2, 0.25) is 0 Å². The molecule has 1 saturated heterocycles. The Morgan fingerprint density at radius 1 is 1.82 bits per heavy atom. The molecule has 1 radical (unpaired) electrons. The molecule has 4 heteroatoms. The van der Waals surface area contributed by atoms with Gasteiger partial charge in [-0.3, -0.25) is 9.48 Å². The number of amides is 1. The lowest BCUT2D eigenvalue weighted by molar-refractivity contribution is -0.119. The molecule has 1 unspecified atom stereocenters. The SMILES string of the molecule is O=C1CC(n2c[c]cn2)CN1. The van der Waals surface area contributed by atoms with Crippen molar-refractivity contribution in [1.29, 1.82) is 0 Å². The summed E-state index contributed by atoms with van der Waals surface area (Å²) in [6.07, 6.45) is 3.89. The van der Waals surface area contributed by atoms with E-state index in [1.165, 1.54) is 0 Å². The van der Waals surface area contributed by atoms with E-state index in [1.54, 1.807) is 17.1 Å². The van der Waals surface area contributed by atoms with Crippen LogP contribution in [0, 0.1) is 6.07 Å². The van der Waals surface area contributed by atoms with Crippen molar-refractivity contribution in [2.45, 2.75) is 12.5 Å². The first-order valence-electron chi connectivity index (χ1n) is 3.53. The Morgan fingerprint density at radius 2 is 2.73 bits per heavy atom. The molecule has 11 heavy (non-hydrogen) atoms. The number of rotatable bonds is 1. The molecule has 2 heterocycles. The van der Waals surface area contributed by atoms with Crippen molar-refractivity contribution >= 4 is 5.91 Å². The molecule has 1 aliphatic rings. The molecule has 1 amide bonds. The van der Waals surface area contributed by atoms with Crippen LogP contribution >= 0.6 is 0 Å². The maximum absolute atomic E-state index is 10.8. The molecule has 1 aromatic heterocycles. The van der Waals surface area contributed by atoms with Gasteiger partial charge in [-0.15, -0.1) is 0 Å². The quantitative estimate of drug-likeness (QED) is 0.599. The van der Waals surface area contributed by atoms with Crippen molar-refractivity contribution in [3.8, 4) is 0 Å². The highest BCUT2D eigenvalue weighted by Crippen LogP contribution is 2.13. The summed E-state index contributed by atoms with van der Waals surface area (Å²) in [7, 11) is 0. The fourth-order valence-electron chi connectivity index (χ4n) is 1.22. The van der Waals surface area contributed by atoms with Gasteiger partial charge >= 0.3 is 0 Å². The van der Waals surface area contributed by atoms with Crippen molar-refractivity contribution in [1.82, 2.24) is 15.1 Å². The molecule has 2 rings (SSSR count). The number of hydrogen-bond donors (Lipinski definition) is 1. The van der Waals surface area contributed by atoms with Crippen LogP contribution in [0.4, 0.5) is 0 Å². The van der Waals surface area contributed by atoms with E-state index in [1.807, 2.05) is 0 Å². The molecule has 57 valence electrons. The lowest BCUT2D eigenvalue weighted by Gasteiger charge is -2.05. The Hall–Kier alpha value is -1.32. The van der Waals surface area contributed by atoms with Crippen LogP contribution in [-0.4, -0.2) is 22.2 Å². The van der Waals surface area contributed by atoms with Gasteiger partial charge in [0.2, 0.25) is 5.91 Å². The second-order valence-corrected chi connectivity index (χ2v) is 2.58. The van der Waals surface area contributed by atoms with Gasteiger partial charge in [0.05, 0.1) is 18.7 Å². The first kappa shape index (κ1) is 6.39. The van der Waals surface area contributed by atoms with Gasteiger partial charge in [0.15, 0.2) is 0 Å².